The number of aromatic hydroxyl groups is 1. The molecule has 4 nitrogen and oxygen atoms in total. The highest BCUT2D eigenvalue weighted by atomic mass is 79.9. The summed E-state index contributed by atoms with van der Waals surface area (Å²) >= 11 is 3.35. The Morgan fingerprint density at radius 3 is 2.12 bits per heavy atom. The molecule has 0 unspecified atom stereocenters. The Morgan fingerprint density at radius 1 is 0.794 bits per heavy atom. The first kappa shape index (κ1) is 23.6. The van der Waals surface area contributed by atoms with Crippen LogP contribution in [0.25, 0.3) is 11.1 Å². The SMILES string of the molecule is Cc1ccc(N(C#Cc2ccc(C)cc2-c2ccccc2O)S(=O)(=O)c2ccc(Br)cc2)cc1. The smallest absolute Gasteiger partial charge is 0.275 e. The molecule has 170 valence electrons. The first-order valence-electron chi connectivity index (χ1n) is 10.5. The predicted octanol–water partition coefficient (Wildman–Crippen LogP) is 6.64. The summed E-state index contributed by atoms with van der Waals surface area (Å²) in [5.41, 5.74) is 4.43. The maximum Gasteiger partial charge on any atom is 0.275 e. The van der Waals surface area contributed by atoms with Gasteiger partial charge < -0.3 is 5.11 Å². The molecule has 0 atom stereocenters. The van der Waals surface area contributed by atoms with Crippen molar-refractivity contribution in [3.63, 3.8) is 0 Å². The van der Waals surface area contributed by atoms with Crippen molar-refractivity contribution in [1.29, 1.82) is 0 Å². The molecule has 0 amide bonds. The van der Waals surface area contributed by atoms with Gasteiger partial charge in [0.25, 0.3) is 10.0 Å². The molecule has 0 aliphatic heterocycles. The van der Waals surface area contributed by atoms with Crippen molar-refractivity contribution >= 4 is 31.6 Å². The number of halogens is 1. The van der Waals surface area contributed by atoms with Crippen molar-refractivity contribution in [3.05, 3.63) is 112 Å². The molecule has 0 aliphatic carbocycles. The molecule has 0 heterocycles. The van der Waals surface area contributed by atoms with Crippen LogP contribution in [-0.4, -0.2) is 13.5 Å². The number of benzene rings is 4. The Bertz CT molecular complexity index is 1500. The molecule has 0 aromatic heterocycles. The summed E-state index contributed by atoms with van der Waals surface area (Å²) < 4.78 is 29.0. The second-order valence-corrected chi connectivity index (χ2v) is 10.6. The van der Waals surface area contributed by atoms with E-state index in [1.54, 1.807) is 48.5 Å². The monoisotopic (exact) mass is 531 g/mol. The summed E-state index contributed by atoms with van der Waals surface area (Å²) in [5.74, 6) is 3.18. The molecule has 6 heteroatoms. The number of phenols is 1. The largest absolute Gasteiger partial charge is 0.507 e. The Balaban J connectivity index is 1.87. The van der Waals surface area contributed by atoms with Crippen LogP contribution < -0.4 is 4.31 Å². The second kappa shape index (κ2) is 9.76. The molecule has 34 heavy (non-hydrogen) atoms. The van der Waals surface area contributed by atoms with E-state index in [1.165, 1.54) is 0 Å². The van der Waals surface area contributed by atoms with Crippen molar-refractivity contribution < 1.29 is 13.5 Å². The van der Waals surface area contributed by atoms with Gasteiger partial charge >= 0.3 is 0 Å². The van der Waals surface area contributed by atoms with E-state index < -0.39 is 10.0 Å². The van der Waals surface area contributed by atoms with E-state index in [4.69, 9.17) is 0 Å². The van der Waals surface area contributed by atoms with E-state index in [9.17, 15) is 13.5 Å². The first-order valence-corrected chi connectivity index (χ1v) is 12.8. The van der Waals surface area contributed by atoms with Gasteiger partial charge in [0.15, 0.2) is 0 Å². The van der Waals surface area contributed by atoms with Gasteiger partial charge in [0.1, 0.15) is 5.75 Å². The molecule has 4 rings (SSSR count). The third-order valence-electron chi connectivity index (χ3n) is 5.28. The van der Waals surface area contributed by atoms with Crippen LogP contribution in [0.5, 0.6) is 5.75 Å². The number of anilines is 1. The fraction of sp³-hybridized carbons (Fsp3) is 0.0714. The molecule has 4 aromatic carbocycles. The van der Waals surface area contributed by atoms with Gasteiger partial charge in [-0.15, -0.1) is 0 Å². The summed E-state index contributed by atoms with van der Waals surface area (Å²) in [6.07, 6.45) is 0. The van der Waals surface area contributed by atoms with Gasteiger partial charge in [-0.25, -0.2) is 8.42 Å². The molecule has 0 aliphatic rings. The van der Waals surface area contributed by atoms with Crippen molar-refractivity contribution in [3.8, 4) is 28.8 Å². The van der Waals surface area contributed by atoms with Gasteiger partial charge in [-0.05, 0) is 68.3 Å². The summed E-state index contributed by atoms with van der Waals surface area (Å²) in [6, 6.07) is 29.2. The van der Waals surface area contributed by atoms with Crippen LogP contribution in [0.1, 0.15) is 16.7 Å². The van der Waals surface area contributed by atoms with E-state index in [0.717, 1.165) is 25.5 Å². The highest BCUT2D eigenvalue weighted by Crippen LogP contribution is 2.32. The van der Waals surface area contributed by atoms with Gasteiger partial charge in [0.05, 0.1) is 10.6 Å². The van der Waals surface area contributed by atoms with E-state index in [0.29, 0.717) is 16.8 Å². The highest BCUT2D eigenvalue weighted by Gasteiger charge is 2.24. The molecule has 0 bridgehead atoms. The maximum absolute atomic E-state index is 13.6. The van der Waals surface area contributed by atoms with Gasteiger partial charge in [-0.1, -0.05) is 69.5 Å². The Morgan fingerprint density at radius 2 is 1.44 bits per heavy atom. The Hall–Kier alpha value is -3.53. The highest BCUT2D eigenvalue weighted by molar-refractivity contribution is 9.10. The molecule has 4 aromatic rings. The standard InChI is InChI=1S/C28H22BrNO3S/c1-20-8-13-24(14-9-20)30(34(32,33)25-15-11-23(29)12-16-25)18-17-22-10-7-21(2)19-27(22)26-5-3-4-6-28(26)31/h3-16,19,31H,1-2H3. The second-order valence-electron chi connectivity index (χ2n) is 7.86. The topological polar surface area (TPSA) is 57.6 Å². The minimum absolute atomic E-state index is 0.133. The van der Waals surface area contributed by atoms with E-state index in [2.05, 4.69) is 27.9 Å². The van der Waals surface area contributed by atoms with E-state index >= 15 is 0 Å². The van der Waals surface area contributed by atoms with Gasteiger partial charge in [-0.2, -0.15) is 4.31 Å². The predicted molar refractivity (Wildman–Crippen MR) is 140 cm³/mol. The van der Waals surface area contributed by atoms with Crippen LogP contribution in [0.4, 0.5) is 5.69 Å². The zero-order valence-electron chi connectivity index (χ0n) is 18.7. The number of hydrogen-bond acceptors (Lipinski definition) is 3. The number of phenolic OH excluding ortho intramolecular Hbond substituents is 1. The van der Waals surface area contributed by atoms with Gasteiger partial charge in [-0.3, -0.25) is 0 Å². The van der Waals surface area contributed by atoms with Crippen molar-refractivity contribution in [2.24, 2.45) is 0 Å². The van der Waals surface area contributed by atoms with Crippen LogP contribution in [0.2, 0.25) is 0 Å². The summed E-state index contributed by atoms with van der Waals surface area (Å²) in [5, 5.41) is 10.4. The van der Waals surface area contributed by atoms with Crippen LogP contribution in [0.3, 0.4) is 0 Å². The Labute approximate surface area is 208 Å². The maximum atomic E-state index is 13.6. The lowest BCUT2D eigenvalue weighted by atomic mass is 9.97. The normalized spacial score (nSPS) is 10.9. The lowest BCUT2D eigenvalue weighted by molar-refractivity contribution is 0.477. The average molecular weight is 532 g/mol. The minimum atomic E-state index is -3.96. The van der Waals surface area contributed by atoms with Crippen molar-refractivity contribution in [2.45, 2.75) is 18.7 Å². The summed E-state index contributed by atoms with van der Waals surface area (Å²) in [4.78, 5) is 0.135. The number of aryl methyl sites for hydroxylation is 2. The molecule has 0 radical (unpaired) electrons. The lowest BCUT2D eigenvalue weighted by Crippen LogP contribution is -2.26. The molecule has 0 saturated carbocycles. The van der Waals surface area contributed by atoms with E-state index in [-0.39, 0.29) is 10.6 Å². The number of rotatable bonds is 4. The molecular weight excluding hydrogens is 510 g/mol. The van der Waals surface area contributed by atoms with Crippen molar-refractivity contribution in [2.75, 3.05) is 4.31 Å². The quantitative estimate of drug-likeness (QED) is 0.237. The zero-order chi connectivity index (χ0) is 24.3. The van der Waals surface area contributed by atoms with Crippen LogP contribution in [-0.2, 0) is 10.0 Å². The fourth-order valence-electron chi connectivity index (χ4n) is 3.46. The van der Waals surface area contributed by atoms with Crippen LogP contribution in [0, 0.1) is 25.8 Å². The number of hydrogen-bond donors (Lipinski definition) is 1. The minimum Gasteiger partial charge on any atom is -0.507 e. The zero-order valence-corrected chi connectivity index (χ0v) is 21.1. The molecular formula is C28H22BrNO3S. The fourth-order valence-corrected chi connectivity index (χ4v) is 4.98. The summed E-state index contributed by atoms with van der Waals surface area (Å²) in [6.45, 7) is 3.89. The molecule has 1 N–H and O–H groups in total. The van der Waals surface area contributed by atoms with Crippen LogP contribution >= 0.6 is 15.9 Å². The Kier molecular flexibility index (Phi) is 6.78. The molecule has 0 fully saturated rings. The average Bonchev–Trinajstić information content (AvgIpc) is 2.81. The van der Waals surface area contributed by atoms with Gasteiger partial charge in [0.2, 0.25) is 0 Å². The number of para-hydroxylation sites is 1. The molecule has 0 spiro atoms. The molecule has 0 saturated heterocycles. The van der Waals surface area contributed by atoms with Crippen molar-refractivity contribution in [1.82, 2.24) is 0 Å². The first-order chi connectivity index (χ1) is 16.3. The lowest BCUT2D eigenvalue weighted by Gasteiger charge is -2.18. The summed E-state index contributed by atoms with van der Waals surface area (Å²) in [7, 11) is -3.96. The van der Waals surface area contributed by atoms with E-state index in [1.807, 2.05) is 56.3 Å². The van der Waals surface area contributed by atoms with Gasteiger partial charge in [0, 0.05) is 27.2 Å². The number of sulfonamides is 1. The third-order valence-corrected chi connectivity index (χ3v) is 7.46. The van der Waals surface area contributed by atoms with Crippen LogP contribution in [0.15, 0.2) is 100 Å². The number of nitrogens with zero attached hydrogens (tertiary/aromatic N) is 1. The third kappa shape index (κ3) is 5.01.